The van der Waals surface area contributed by atoms with Gasteiger partial charge in [-0.2, -0.15) is 0 Å². The van der Waals surface area contributed by atoms with Crippen molar-refractivity contribution < 1.29 is 9.59 Å². The van der Waals surface area contributed by atoms with Crippen molar-refractivity contribution in [2.24, 2.45) is 5.92 Å². The summed E-state index contributed by atoms with van der Waals surface area (Å²) in [4.78, 5) is 29.5. The maximum Gasteiger partial charge on any atom is 0.253 e. The van der Waals surface area contributed by atoms with Gasteiger partial charge in [-0.1, -0.05) is 30.9 Å². The van der Waals surface area contributed by atoms with Crippen molar-refractivity contribution in [1.82, 2.24) is 9.80 Å². The molecular weight excluding hydrogens is 336 g/mol. The minimum absolute atomic E-state index is 0.00170. The van der Waals surface area contributed by atoms with Crippen molar-refractivity contribution >= 4 is 23.4 Å². The maximum absolute atomic E-state index is 12.9. The number of benzene rings is 1. The first-order chi connectivity index (χ1) is 12.1. The molecule has 0 spiro atoms. The summed E-state index contributed by atoms with van der Waals surface area (Å²) in [5.41, 5.74) is 0.642. The first-order valence-electron chi connectivity index (χ1n) is 9.49. The normalized spacial score (nSPS) is 22.2. The van der Waals surface area contributed by atoms with E-state index in [9.17, 15) is 9.59 Å². The number of piperidine rings is 1. The van der Waals surface area contributed by atoms with Gasteiger partial charge in [-0.15, -0.1) is 0 Å². The topological polar surface area (TPSA) is 40.6 Å². The Kier molecular flexibility index (Phi) is 6.35. The van der Waals surface area contributed by atoms with Gasteiger partial charge < -0.3 is 9.80 Å². The Morgan fingerprint density at radius 1 is 0.840 bits per heavy atom. The molecule has 1 aromatic carbocycles. The molecule has 5 heteroatoms. The standard InChI is InChI=1S/C20H27ClN2O2/c21-18-10-8-16(9-11-18)19(24)23-14-6-7-17(15-23)20(25)22-12-4-2-1-3-5-13-22/h8-11,17H,1-7,12-15H2. The summed E-state index contributed by atoms with van der Waals surface area (Å²) in [5, 5.41) is 0.625. The lowest BCUT2D eigenvalue weighted by Crippen LogP contribution is -2.47. The lowest BCUT2D eigenvalue weighted by molar-refractivity contribution is -0.137. The number of hydrogen-bond acceptors (Lipinski definition) is 2. The van der Waals surface area contributed by atoms with Crippen LogP contribution in [0.25, 0.3) is 0 Å². The molecule has 0 saturated carbocycles. The van der Waals surface area contributed by atoms with Crippen LogP contribution in [0.4, 0.5) is 0 Å². The van der Waals surface area contributed by atoms with Crippen LogP contribution in [0.1, 0.15) is 55.3 Å². The number of halogens is 1. The fourth-order valence-electron chi connectivity index (χ4n) is 3.86. The Bertz CT molecular complexity index is 594. The third-order valence-electron chi connectivity index (χ3n) is 5.32. The zero-order valence-electron chi connectivity index (χ0n) is 14.8. The summed E-state index contributed by atoms with van der Waals surface area (Å²) in [6, 6.07) is 6.99. The summed E-state index contributed by atoms with van der Waals surface area (Å²) in [6.45, 7) is 3.02. The number of hydrogen-bond donors (Lipinski definition) is 0. The number of carbonyl (C=O) groups is 2. The predicted molar refractivity (Wildman–Crippen MR) is 99.7 cm³/mol. The SMILES string of the molecule is O=C(c1ccc(Cl)cc1)N1CCCC(C(=O)N2CCCCCCC2)C1. The van der Waals surface area contributed by atoms with E-state index in [0.717, 1.165) is 45.3 Å². The van der Waals surface area contributed by atoms with Gasteiger partial charge in [-0.3, -0.25) is 9.59 Å². The van der Waals surface area contributed by atoms with Crippen LogP contribution in [0.3, 0.4) is 0 Å². The second-order valence-electron chi connectivity index (χ2n) is 7.19. The van der Waals surface area contributed by atoms with E-state index in [-0.39, 0.29) is 17.7 Å². The summed E-state index contributed by atoms with van der Waals surface area (Å²) >= 11 is 5.90. The fraction of sp³-hybridized carbons (Fsp3) is 0.600. The van der Waals surface area contributed by atoms with E-state index in [1.54, 1.807) is 24.3 Å². The zero-order valence-corrected chi connectivity index (χ0v) is 15.5. The van der Waals surface area contributed by atoms with Crippen LogP contribution in [0, 0.1) is 5.92 Å². The van der Waals surface area contributed by atoms with Gasteiger partial charge in [0.05, 0.1) is 5.92 Å². The molecule has 1 atom stereocenters. The van der Waals surface area contributed by atoms with Gasteiger partial charge in [0.2, 0.25) is 5.91 Å². The van der Waals surface area contributed by atoms with Crippen molar-refractivity contribution in [2.75, 3.05) is 26.2 Å². The molecule has 0 aromatic heterocycles. The molecule has 0 aliphatic carbocycles. The molecule has 2 aliphatic heterocycles. The van der Waals surface area contributed by atoms with Crippen molar-refractivity contribution in [3.05, 3.63) is 34.9 Å². The smallest absolute Gasteiger partial charge is 0.253 e. The van der Waals surface area contributed by atoms with Crippen LogP contribution in [0.2, 0.25) is 5.02 Å². The largest absolute Gasteiger partial charge is 0.342 e. The van der Waals surface area contributed by atoms with Crippen LogP contribution >= 0.6 is 11.6 Å². The molecule has 2 aliphatic rings. The van der Waals surface area contributed by atoms with Gasteiger partial charge in [-0.25, -0.2) is 0 Å². The van der Waals surface area contributed by atoms with Crippen LogP contribution in [0.5, 0.6) is 0 Å². The Morgan fingerprint density at radius 3 is 2.12 bits per heavy atom. The van der Waals surface area contributed by atoms with E-state index >= 15 is 0 Å². The average molecular weight is 363 g/mol. The summed E-state index contributed by atoms with van der Waals surface area (Å²) in [6.07, 6.45) is 7.71. The summed E-state index contributed by atoms with van der Waals surface area (Å²) in [7, 11) is 0. The Balaban J connectivity index is 1.62. The van der Waals surface area contributed by atoms with E-state index in [4.69, 9.17) is 11.6 Å². The minimum atomic E-state index is -0.0515. The Labute approximate surface area is 155 Å². The first-order valence-corrected chi connectivity index (χ1v) is 9.86. The van der Waals surface area contributed by atoms with Crippen LogP contribution in [-0.4, -0.2) is 47.8 Å². The molecule has 2 amide bonds. The van der Waals surface area contributed by atoms with Crippen LogP contribution in [-0.2, 0) is 4.79 Å². The molecule has 4 nitrogen and oxygen atoms in total. The highest BCUT2D eigenvalue weighted by Crippen LogP contribution is 2.23. The Hall–Kier alpha value is -1.55. The van der Waals surface area contributed by atoms with Crippen molar-refractivity contribution in [2.45, 2.75) is 44.9 Å². The van der Waals surface area contributed by atoms with E-state index < -0.39 is 0 Å². The second kappa shape index (κ2) is 8.70. The lowest BCUT2D eigenvalue weighted by Gasteiger charge is -2.35. The van der Waals surface area contributed by atoms with Gasteiger partial charge in [0, 0.05) is 36.8 Å². The molecule has 2 heterocycles. The average Bonchev–Trinajstić information content (AvgIpc) is 2.61. The van der Waals surface area contributed by atoms with E-state index in [1.165, 1.54) is 19.3 Å². The molecule has 0 N–H and O–H groups in total. The molecule has 0 radical (unpaired) electrons. The van der Waals surface area contributed by atoms with Gasteiger partial charge in [0.15, 0.2) is 0 Å². The van der Waals surface area contributed by atoms with Gasteiger partial charge in [0.1, 0.15) is 0 Å². The molecule has 0 bridgehead atoms. The Morgan fingerprint density at radius 2 is 1.44 bits per heavy atom. The number of rotatable bonds is 2. The van der Waals surface area contributed by atoms with E-state index in [0.29, 0.717) is 17.1 Å². The third-order valence-corrected chi connectivity index (χ3v) is 5.57. The van der Waals surface area contributed by atoms with Crippen LogP contribution < -0.4 is 0 Å². The molecule has 1 unspecified atom stereocenters. The number of carbonyl (C=O) groups excluding carboxylic acids is 2. The monoisotopic (exact) mass is 362 g/mol. The summed E-state index contributed by atoms with van der Waals surface area (Å²) < 4.78 is 0. The van der Waals surface area contributed by atoms with E-state index in [1.807, 2.05) is 9.80 Å². The van der Waals surface area contributed by atoms with Crippen molar-refractivity contribution in [1.29, 1.82) is 0 Å². The minimum Gasteiger partial charge on any atom is -0.342 e. The highest BCUT2D eigenvalue weighted by Gasteiger charge is 2.31. The highest BCUT2D eigenvalue weighted by molar-refractivity contribution is 6.30. The number of likely N-dealkylation sites (tertiary alicyclic amines) is 2. The molecular formula is C20H27ClN2O2. The molecule has 25 heavy (non-hydrogen) atoms. The van der Waals surface area contributed by atoms with Crippen molar-refractivity contribution in [3.63, 3.8) is 0 Å². The van der Waals surface area contributed by atoms with E-state index in [2.05, 4.69) is 0 Å². The summed E-state index contributed by atoms with van der Waals surface area (Å²) in [5.74, 6) is 0.196. The third kappa shape index (κ3) is 4.75. The zero-order chi connectivity index (χ0) is 17.6. The van der Waals surface area contributed by atoms with Gasteiger partial charge in [-0.05, 0) is 49.9 Å². The second-order valence-corrected chi connectivity index (χ2v) is 7.63. The van der Waals surface area contributed by atoms with Gasteiger partial charge in [0.25, 0.3) is 5.91 Å². The number of nitrogens with zero attached hydrogens (tertiary/aromatic N) is 2. The number of amides is 2. The highest BCUT2D eigenvalue weighted by atomic mass is 35.5. The molecule has 136 valence electrons. The maximum atomic E-state index is 12.9. The molecule has 3 rings (SSSR count). The molecule has 1 aromatic rings. The van der Waals surface area contributed by atoms with Crippen molar-refractivity contribution in [3.8, 4) is 0 Å². The first kappa shape index (κ1) is 18.2. The fourth-order valence-corrected chi connectivity index (χ4v) is 3.99. The van der Waals surface area contributed by atoms with Gasteiger partial charge >= 0.3 is 0 Å². The quantitative estimate of drug-likeness (QED) is 0.798. The molecule has 2 saturated heterocycles. The van der Waals surface area contributed by atoms with Crippen LogP contribution in [0.15, 0.2) is 24.3 Å². The lowest BCUT2D eigenvalue weighted by atomic mass is 9.95. The molecule has 2 fully saturated rings. The predicted octanol–water partition coefficient (Wildman–Crippen LogP) is 3.98.